The van der Waals surface area contributed by atoms with E-state index in [1.54, 1.807) is 0 Å². The second-order valence-electron chi connectivity index (χ2n) is 4.45. The summed E-state index contributed by atoms with van der Waals surface area (Å²) in [6.45, 7) is 2.12. The van der Waals surface area contributed by atoms with Crippen LogP contribution in [-0.4, -0.2) is 6.54 Å². The van der Waals surface area contributed by atoms with E-state index in [-0.39, 0.29) is 0 Å². The number of benzene rings is 1. The number of hydrogen-bond acceptors (Lipinski definition) is 2. The Morgan fingerprint density at radius 3 is 2.86 bits per heavy atom. The van der Waals surface area contributed by atoms with Gasteiger partial charge in [-0.15, -0.1) is 0 Å². The molecule has 0 unspecified atom stereocenters. The van der Waals surface area contributed by atoms with Crippen LogP contribution in [0.3, 0.4) is 0 Å². The lowest BCUT2D eigenvalue weighted by Gasteiger charge is -2.19. The maximum atomic E-state index is 6.07. The van der Waals surface area contributed by atoms with Gasteiger partial charge in [0.2, 0.25) is 0 Å². The van der Waals surface area contributed by atoms with Crippen molar-refractivity contribution in [2.45, 2.75) is 31.7 Å². The Morgan fingerprint density at radius 1 is 1.21 bits per heavy atom. The van der Waals surface area contributed by atoms with Gasteiger partial charge in [-0.3, -0.25) is 0 Å². The summed E-state index contributed by atoms with van der Waals surface area (Å²) in [5.41, 5.74) is 11.4. The van der Waals surface area contributed by atoms with Crippen LogP contribution >= 0.6 is 0 Å². The number of hydrogen-bond donors (Lipinski definition) is 2. The fourth-order valence-corrected chi connectivity index (χ4v) is 2.32. The molecule has 0 bridgehead atoms. The minimum atomic E-state index is 0.766. The first kappa shape index (κ1) is 8.30. The van der Waals surface area contributed by atoms with Crippen molar-refractivity contribution < 1.29 is 0 Å². The van der Waals surface area contributed by atoms with Crippen LogP contribution in [-0.2, 0) is 13.0 Å². The third-order valence-electron chi connectivity index (χ3n) is 3.31. The summed E-state index contributed by atoms with van der Waals surface area (Å²) in [6.07, 6.45) is 3.79. The van der Waals surface area contributed by atoms with Crippen LogP contribution in [0.25, 0.3) is 0 Å². The largest absolute Gasteiger partial charge is 0.398 e. The first-order valence-electron chi connectivity index (χ1n) is 5.46. The zero-order valence-electron chi connectivity index (χ0n) is 8.34. The number of rotatable bonds is 1. The molecule has 1 aromatic carbocycles. The van der Waals surface area contributed by atoms with Crippen molar-refractivity contribution in [3.63, 3.8) is 0 Å². The fourth-order valence-electron chi connectivity index (χ4n) is 2.32. The first-order chi connectivity index (χ1) is 6.84. The summed E-state index contributed by atoms with van der Waals surface area (Å²) in [6, 6.07) is 4.53. The Bertz CT molecular complexity index is 367. The zero-order chi connectivity index (χ0) is 9.54. The van der Waals surface area contributed by atoms with Crippen LogP contribution in [0, 0.1) is 0 Å². The molecule has 14 heavy (non-hydrogen) atoms. The zero-order valence-corrected chi connectivity index (χ0v) is 8.34. The normalized spacial score (nSPS) is 20.6. The molecular formula is C12H16N2. The molecule has 0 aromatic heterocycles. The lowest BCUT2D eigenvalue weighted by molar-refractivity contribution is 0.643. The highest BCUT2D eigenvalue weighted by atomic mass is 14.9. The van der Waals surface area contributed by atoms with Gasteiger partial charge in [0.05, 0.1) is 0 Å². The summed E-state index contributed by atoms with van der Waals surface area (Å²) < 4.78 is 0. The van der Waals surface area contributed by atoms with Crippen LogP contribution in [0.5, 0.6) is 0 Å². The van der Waals surface area contributed by atoms with Gasteiger partial charge in [0.15, 0.2) is 0 Å². The highest BCUT2D eigenvalue weighted by Gasteiger charge is 2.26. The van der Waals surface area contributed by atoms with E-state index < -0.39 is 0 Å². The van der Waals surface area contributed by atoms with Crippen molar-refractivity contribution in [3.8, 4) is 0 Å². The third-order valence-corrected chi connectivity index (χ3v) is 3.31. The Labute approximate surface area is 84.5 Å². The quantitative estimate of drug-likeness (QED) is 0.659. The van der Waals surface area contributed by atoms with Gasteiger partial charge in [0.1, 0.15) is 0 Å². The molecular weight excluding hydrogens is 172 g/mol. The number of anilines is 1. The van der Waals surface area contributed by atoms with Gasteiger partial charge in [-0.2, -0.15) is 0 Å². The standard InChI is InChI=1S/C12H16N2/c13-12-6-9-3-4-14-7-10(9)5-11(12)8-1-2-8/h5-6,8,14H,1-4,7,13H2. The predicted molar refractivity (Wildman–Crippen MR) is 58.2 cm³/mol. The Balaban J connectivity index is 2.05. The van der Waals surface area contributed by atoms with Gasteiger partial charge in [0, 0.05) is 12.2 Å². The van der Waals surface area contributed by atoms with Crippen molar-refractivity contribution in [1.29, 1.82) is 0 Å². The van der Waals surface area contributed by atoms with E-state index in [0.717, 1.165) is 31.1 Å². The highest BCUT2D eigenvalue weighted by Crippen LogP contribution is 2.43. The van der Waals surface area contributed by atoms with Gasteiger partial charge >= 0.3 is 0 Å². The van der Waals surface area contributed by atoms with E-state index in [1.807, 2.05) is 0 Å². The van der Waals surface area contributed by atoms with Gasteiger partial charge in [-0.1, -0.05) is 6.07 Å². The first-order valence-corrected chi connectivity index (χ1v) is 5.46. The molecule has 1 aromatic rings. The maximum Gasteiger partial charge on any atom is 0.0352 e. The molecule has 2 heteroatoms. The molecule has 74 valence electrons. The topological polar surface area (TPSA) is 38.0 Å². The average Bonchev–Trinajstić information content (AvgIpc) is 3.00. The minimum Gasteiger partial charge on any atom is -0.398 e. The van der Waals surface area contributed by atoms with E-state index >= 15 is 0 Å². The van der Waals surface area contributed by atoms with Crippen molar-refractivity contribution >= 4 is 5.69 Å². The molecule has 1 heterocycles. The average molecular weight is 188 g/mol. The summed E-state index contributed by atoms with van der Waals surface area (Å²) in [4.78, 5) is 0. The predicted octanol–water partition coefficient (Wildman–Crippen LogP) is 1.79. The van der Waals surface area contributed by atoms with E-state index in [1.165, 1.54) is 29.5 Å². The molecule has 1 saturated carbocycles. The molecule has 0 spiro atoms. The van der Waals surface area contributed by atoms with Crippen molar-refractivity contribution in [1.82, 2.24) is 5.32 Å². The second kappa shape index (κ2) is 2.99. The summed E-state index contributed by atoms with van der Waals surface area (Å²) in [7, 11) is 0. The molecule has 1 fully saturated rings. The molecule has 1 aliphatic heterocycles. The molecule has 3 rings (SSSR count). The molecule has 2 aliphatic rings. The lowest BCUT2D eigenvalue weighted by Crippen LogP contribution is -2.23. The van der Waals surface area contributed by atoms with Gasteiger partial charge in [0.25, 0.3) is 0 Å². The third kappa shape index (κ3) is 1.30. The molecule has 2 nitrogen and oxygen atoms in total. The van der Waals surface area contributed by atoms with Crippen LogP contribution in [0.15, 0.2) is 12.1 Å². The summed E-state index contributed by atoms with van der Waals surface area (Å²) in [5.74, 6) is 0.766. The van der Waals surface area contributed by atoms with Crippen LogP contribution in [0.2, 0.25) is 0 Å². The van der Waals surface area contributed by atoms with Crippen molar-refractivity contribution in [3.05, 3.63) is 28.8 Å². The van der Waals surface area contributed by atoms with Crippen molar-refractivity contribution in [2.24, 2.45) is 0 Å². The van der Waals surface area contributed by atoms with E-state index in [2.05, 4.69) is 17.4 Å². The summed E-state index contributed by atoms with van der Waals surface area (Å²) in [5, 5.41) is 3.41. The number of nitrogen functional groups attached to an aromatic ring is 1. The molecule has 0 amide bonds. The Kier molecular flexibility index (Phi) is 1.77. The lowest BCUT2D eigenvalue weighted by atomic mass is 9.95. The summed E-state index contributed by atoms with van der Waals surface area (Å²) >= 11 is 0. The second-order valence-corrected chi connectivity index (χ2v) is 4.45. The molecule has 0 radical (unpaired) electrons. The Hall–Kier alpha value is -1.02. The Morgan fingerprint density at radius 2 is 2.07 bits per heavy atom. The van der Waals surface area contributed by atoms with E-state index in [4.69, 9.17) is 5.73 Å². The molecule has 3 N–H and O–H groups in total. The van der Waals surface area contributed by atoms with Gasteiger partial charge in [-0.25, -0.2) is 0 Å². The molecule has 0 saturated heterocycles. The molecule has 0 atom stereocenters. The highest BCUT2D eigenvalue weighted by molar-refractivity contribution is 5.55. The number of nitrogens with two attached hydrogens (primary N) is 1. The SMILES string of the molecule is Nc1cc2c(cc1C1CC1)CNCC2. The minimum absolute atomic E-state index is 0.766. The fraction of sp³-hybridized carbons (Fsp3) is 0.500. The number of nitrogens with one attached hydrogen (secondary N) is 1. The monoisotopic (exact) mass is 188 g/mol. The number of fused-ring (bicyclic) bond motifs is 1. The van der Waals surface area contributed by atoms with E-state index in [9.17, 15) is 0 Å². The van der Waals surface area contributed by atoms with Crippen LogP contribution in [0.4, 0.5) is 5.69 Å². The van der Waals surface area contributed by atoms with Gasteiger partial charge < -0.3 is 11.1 Å². The molecule has 1 aliphatic carbocycles. The smallest absolute Gasteiger partial charge is 0.0352 e. The van der Waals surface area contributed by atoms with Gasteiger partial charge in [-0.05, 0) is 54.5 Å². The van der Waals surface area contributed by atoms with Crippen molar-refractivity contribution in [2.75, 3.05) is 12.3 Å². The van der Waals surface area contributed by atoms with Crippen LogP contribution < -0.4 is 11.1 Å². The maximum absolute atomic E-state index is 6.07. The van der Waals surface area contributed by atoms with Crippen LogP contribution in [0.1, 0.15) is 35.4 Å². The van der Waals surface area contributed by atoms with E-state index in [0.29, 0.717) is 0 Å².